The van der Waals surface area contributed by atoms with Crippen LogP contribution in [-0.2, 0) is 21.3 Å². The van der Waals surface area contributed by atoms with Gasteiger partial charge < -0.3 is 4.74 Å². The van der Waals surface area contributed by atoms with Gasteiger partial charge in [0.15, 0.2) is 0 Å². The van der Waals surface area contributed by atoms with Crippen LogP contribution in [0.1, 0.15) is 12.0 Å². The third kappa shape index (κ3) is 4.29. The number of nitrogens with zero attached hydrogens (tertiary/aromatic N) is 2. The largest absolute Gasteiger partial charge is 0.375 e. The lowest BCUT2D eigenvalue weighted by Gasteiger charge is -2.37. The number of likely N-dealkylation sites (tertiary alicyclic amines) is 1. The van der Waals surface area contributed by atoms with Gasteiger partial charge in [0.25, 0.3) is 0 Å². The predicted molar refractivity (Wildman–Crippen MR) is 85.9 cm³/mol. The fraction of sp³-hybridized carbons (Fsp3) is 0.625. The Morgan fingerprint density at radius 1 is 1.22 bits per heavy atom. The third-order valence-corrected chi connectivity index (χ3v) is 5.95. The maximum Gasteiger partial charge on any atom is 0.211 e. The van der Waals surface area contributed by atoms with Crippen LogP contribution in [0.2, 0.25) is 0 Å². The summed E-state index contributed by atoms with van der Waals surface area (Å²) < 4.78 is 44.0. The molecule has 3 rings (SSSR count). The van der Waals surface area contributed by atoms with Crippen molar-refractivity contribution < 1.29 is 17.5 Å². The first kappa shape index (κ1) is 16.8. The number of ether oxygens (including phenoxy) is 1. The number of hydrogen-bond donors (Lipinski definition) is 0. The minimum absolute atomic E-state index is 0.0657. The van der Waals surface area contributed by atoms with E-state index in [1.807, 2.05) is 0 Å². The Labute approximate surface area is 137 Å². The van der Waals surface area contributed by atoms with Gasteiger partial charge in [-0.1, -0.05) is 12.1 Å². The van der Waals surface area contributed by atoms with E-state index in [4.69, 9.17) is 4.74 Å². The van der Waals surface area contributed by atoms with E-state index in [1.165, 1.54) is 22.7 Å². The molecule has 23 heavy (non-hydrogen) atoms. The topological polar surface area (TPSA) is 49.9 Å². The highest BCUT2D eigenvalue weighted by Crippen LogP contribution is 2.26. The standard InChI is InChI=1S/C16H23FN2O3S/c1-23(20,21)19-8-9-22-16-12-18(7-6-14(16)11-19)10-13-2-4-15(17)5-3-13/h2-5,14,16H,6-12H2,1H3/t14-,16-/m0/s1. The minimum atomic E-state index is -3.16. The predicted octanol–water partition coefficient (Wildman–Crippen LogP) is 1.31. The first-order valence-electron chi connectivity index (χ1n) is 7.95. The van der Waals surface area contributed by atoms with Gasteiger partial charge in [0.1, 0.15) is 5.82 Å². The summed E-state index contributed by atoms with van der Waals surface area (Å²) in [7, 11) is -3.16. The first-order chi connectivity index (χ1) is 10.9. The smallest absolute Gasteiger partial charge is 0.211 e. The van der Waals surface area contributed by atoms with E-state index in [0.717, 1.165) is 31.6 Å². The van der Waals surface area contributed by atoms with Crippen molar-refractivity contribution in [2.75, 3.05) is 39.0 Å². The summed E-state index contributed by atoms with van der Waals surface area (Å²) in [5.74, 6) is 0.0251. The molecule has 2 saturated heterocycles. The number of rotatable bonds is 3. The molecule has 2 aliphatic heterocycles. The maximum absolute atomic E-state index is 13.0. The molecule has 2 fully saturated rings. The van der Waals surface area contributed by atoms with E-state index in [9.17, 15) is 12.8 Å². The molecule has 0 aromatic heterocycles. The summed E-state index contributed by atoms with van der Waals surface area (Å²) in [5, 5.41) is 0. The number of halogens is 1. The first-order valence-corrected chi connectivity index (χ1v) is 9.80. The SMILES string of the molecule is CS(=O)(=O)N1CCO[C@H]2CN(Cc3ccc(F)cc3)CC[C@H]2C1. The van der Waals surface area contributed by atoms with Gasteiger partial charge in [-0.2, -0.15) is 4.31 Å². The zero-order chi connectivity index (χ0) is 16.4. The second-order valence-corrected chi connectivity index (χ2v) is 8.42. The van der Waals surface area contributed by atoms with Crippen LogP contribution >= 0.6 is 0 Å². The molecule has 0 unspecified atom stereocenters. The Morgan fingerprint density at radius 3 is 2.65 bits per heavy atom. The molecule has 7 heteroatoms. The lowest BCUT2D eigenvalue weighted by molar-refractivity contribution is -0.0240. The van der Waals surface area contributed by atoms with Gasteiger partial charge in [-0.25, -0.2) is 12.8 Å². The van der Waals surface area contributed by atoms with Crippen LogP contribution in [0.5, 0.6) is 0 Å². The van der Waals surface area contributed by atoms with Crippen LogP contribution in [0.15, 0.2) is 24.3 Å². The normalized spacial score (nSPS) is 27.4. The van der Waals surface area contributed by atoms with Crippen molar-refractivity contribution in [3.05, 3.63) is 35.6 Å². The lowest BCUT2D eigenvalue weighted by atomic mass is 9.93. The fourth-order valence-electron chi connectivity index (χ4n) is 3.38. The van der Waals surface area contributed by atoms with Gasteiger partial charge in [0.2, 0.25) is 10.0 Å². The van der Waals surface area contributed by atoms with Crippen molar-refractivity contribution in [1.29, 1.82) is 0 Å². The Bertz CT molecular complexity index is 635. The van der Waals surface area contributed by atoms with Crippen LogP contribution < -0.4 is 0 Å². The van der Waals surface area contributed by atoms with Gasteiger partial charge >= 0.3 is 0 Å². The van der Waals surface area contributed by atoms with Crippen LogP contribution in [-0.4, -0.2) is 62.8 Å². The second-order valence-electron chi connectivity index (χ2n) is 6.44. The van der Waals surface area contributed by atoms with E-state index in [0.29, 0.717) is 19.7 Å². The van der Waals surface area contributed by atoms with Crippen molar-refractivity contribution >= 4 is 10.0 Å². The summed E-state index contributed by atoms with van der Waals surface area (Å²) in [6.45, 7) is 3.89. The molecule has 0 aliphatic carbocycles. The Kier molecular flexibility index (Phi) is 5.01. The van der Waals surface area contributed by atoms with E-state index >= 15 is 0 Å². The zero-order valence-corrected chi connectivity index (χ0v) is 14.1. The van der Waals surface area contributed by atoms with Crippen LogP contribution in [0.3, 0.4) is 0 Å². The third-order valence-electron chi connectivity index (χ3n) is 4.68. The van der Waals surface area contributed by atoms with Crippen LogP contribution in [0, 0.1) is 11.7 Å². The fourth-order valence-corrected chi connectivity index (χ4v) is 4.25. The van der Waals surface area contributed by atoms with Gasteiger partial charge in [-0.15, -0.1) is 0 Å². The Morgan fingerprint density at radius 2 is 1.96 bits per heavy atom. The second kappa shape index (κ2) is 6.84. The highest BCUT2D eigenvalue weighted by molar-refractivity contribution is 7.88. The molecule has 1 aromatic carbocycles. The minimum Gasteiger partial charge on any atom is -0.375 e. The van der Waals surface area contributed by atoms with Crippen molar-refractivity contribution in [2.45, 2.75) is 19.1 Å². The van der Waals surface area contributed by atoms with E-state index in [1.54, 1.807) is 12.1 Å². The summed E-state index contributed by atoms with van der Waals surface area (Å²) in [4.78, 5) is 2.30. The molecule has 0 spiro atoms. The monoisotopic (exact) mass is 342 g/mol. The summed E-state index contributed by atoms with van der Waals surface area (Å²) >= 11 is 0. The quantitative estimate of drug-likeness (QED) is 0.831. The zero-order valence-electron chi connectivity index (χ0n) is 13.3. The van der Waals surface area contributed by atoms with Gasteiger partial charge in [-0.05, 0) is 30.7 Å². The van der Waals surface area contributed by atoms with E-state index < -0.39 is 10.0 Å². The van der Waals surface area contributed by atoms with Crippen molar-refractivity contribution in [3.8, 4) is 0 Å². The van der Waals surface area contributed by atoms with Crippen molar-refractivity contribution in [1.82, 2.24) is 9.21 Å². The number of sulfonamides is 1. The van der Waals surface area contributed by atoms with E-state index in [2.05, 4.69) is 4.90 Å². The average molecular weight is 342 g/mol. The van der Waals surface area contributed by atoms with Gasteiger partial charge in [0.05, 0.1) is 19.0 Å². The highest BCUT2D eigenvalue weighted by Gasteiger charge is 2.35. The number of benzene rings is 1. The average Bonchev–Trinajstić information content (AvgIpc) is 2.71. The Hall–Kier alpha value is -1.02. The molecule has 5 nitrogen and oxygen atoms in total. The molecular formula is C16H23FN2O3S. The summed E-state index contributed by atoms with van der Waals surface area (Å²) in [6.07, 6.45) is 2.24. The highest BCUT2D eigenvalue weighted by atomic mass is 32.2. The Balaban J connectivity index is 1.61. The van der Waals surface area contributed by atoms with Crippen LogP contribution in [0.4, 0.5) is 4.39 Å². The lowest BCUT2D eigenvalue weighted by Crippen LogP contribution is -2.47. The molecule has 0 bridgehead atoms. The summed E-state index contributed by atoms with van der Waals surface area (Å²) in [6, 6.07) is 6.57. The molecule has 128 valence electrons. The molecule has 0 radical (unpaired) electrons. The molecule has 0 N–H and O–H groups in total. The molecule has 2 heterocycles. The van der Waals surface area contributed by atoms with Gasteiger partial charge in [0, 0.05) is 32.1 Å². The van der Waals surface area contributed by atoms with Crippen molar-refractivity contribution in [3.63, 3.8) is 0 Å². The maximum atomic E-state index is 13.0. The molecular weight excluding hydrogens is 319 g/mol. The van der Waals surface area contributed by atoms with Crippen LogP contribution in [0.25, 0.3) is 0 Å². The number of hydrogen-bond acceptors (Lipinski definition) is 4. The molecule has 2 atom stereocenters. The van der Waals surface area contributed by atoms with Crippen molar-refractivity contribution in [2.24, 2.45) is 5.92 Å². The van der Waals surface area contributed by atoms with E-state index in [-0.39, 0.29) is 17.8 Å². The molecule has 2 aliphatic rings. The number of piperidine rings is 1. The molecule has 0 saturated carbocycles. The summed E-state index contributed by atoms with van der Waals surface area (Å²) in [5.41, 5.74) is 1.08. The van der Waals surface area contributed by atoms with Gasteiger partial charge in [-0.3, -0.25) is 4.90 Å². The molecule has 0 amide bonds. The molecule has 1 aromatic rings. The number of fused-ring (bicyclic) bond motifs is 1.